The van der Waals surface area contributed by atoms with E-state index in [4.69, 9.17) is 23.2 Å². The highest BCUT2D eigenvalue weighted by atomic mass is 35.5. The summed E-state index contributed by atoms with van der Waals surface area (Å²) in [5.41, 5.74) is 0.722. The SMILES string of the molecule is O=C(Nc1ccc(SC(F)F)cc1)c1cnc(Cl)c(Cl)c1. The number of pyridine rings is 1. The van der Waals surface area contributed by atoms with Crippen molar-refractivity contribution in [2.75, 3.05) is 5.32 Å². The quantitative estimate of drug-likeness (QED) is 0.627. The van der Waals surface area contributed by atoms with Crippen LogP contribution in [0.25, 0.3) is 0 Å². The molecule has 1 amide bonds. The van der Waals surface area contributed by atoms with Crippen molar-refractivity contribution in [2.45, 2.75) is 10.7 Å². The van der Waals surface area contributed by atoms with Crippen LogP contribution in [0.4, 0.5) is 14.5 Å². The van der Waals surface area contributed by atoms with Gasteiger partial charge in [-0.3, -0.25) is 4.79 Å². The maximum absolute atomic E-state index is 12.2. The van der Waals surface area contributed by atoms with Crippen molar-refractivity contribution in [3.05, 3.63) is 52.3 Å². The van der Waals surface area contributed by atoms with Gasteiger partial charge >= 0.3 is 0 Å². The molecule has 2 rings (SSSR count). The highest BCUT2D eigenvalue weighted by Gasteiger charge is 2.10. The highest BCUT2D eigenvalue weighted by Crippen LogP contribution is 2.26. The molecule has 1 heterocycles. The normalized spacial score (nSPS) is 10.7. The van der Waals surface area contributed by atoms with Gasteiger partial charge in [0.1, 0.15) is 5.15 Å². The van der Waals surface area contributed by atoms with Crippen LogP contribution in [0.15, 0.2) is 41.4 Å². The van der Waals surface area contributed by atoms with Crippen LogP contribution in [-0.2, 0) is 0 Å². The number of halogens is 4. The molecule has 1 aromatic carbocycles. The second-order valence-electron chi connectivity index (χ2n) is 3.85. The summed E-state index contributed by atoms with van der Waals surface area (Å²) in [7, 11) is 0. The topological polar surface area (TPSA) is 42.0 Å². The number of aromatic nitrogens is 1. The zero-order valence-corrected chi connectivity index (χ0v) is 12.6. The first kappa shape index (κ1) is 16.0. The van der Waals surface area contributed by atoms with Gasteiger partial charge < -0.3 is 5.32 Å². The fraction of sp³-hybridized carbons (Fsp3) is 0.0769. The minimum atomic E-state index is -2.48. The minimum absolute atomic E-state index is 0.113. The Bertz CT molecular complexity index is 653. The van der Waals surface area contributed by atoms with E-state index >= 15 is 0 Å². The van der Waals surface area contributed by atoms with E-state index in [9.17, 15) is 13.6 Å². The third-order valence-corrected chi connectivity index (χ3v) is 3.80. The number of nitrogens with zero attached hydrogens (tertiary/aromatic N) is 1. The predicted octanol–water partition coefficient (Wildman–Crippen LogP) is 4.96. The number of carbonyl (C=O) groups excluding carboxylic acids is 1. The molecule has 0 saturated carbocycles. The number of nitrogens with one attached hydrogen (secondary N) is 1. The average Bonchev–Trinajstić information content (AvgIpc) is 2.43. The monoisotopic (exact) mass is 348 g/mol. The number of alkyl halides is 2. The maximum atomic E-state index is 12.2. The standard InChI is InChI=1S/C13H8Cl2F2N2OS/c14-10-5-7(6-18-11(10)15)12(20)19-8-1-3-9(4-2-8)21-13(16)17/h1-6,13H,(H,19,20). The molecule has 1 N–H and O–H groups in total. The lowest BCUT2D eigenvalue weighted by Crippen LogP contribution is -2.12. The van der Waals surface area contributed by atoms with E-state index in [-0.39, 0.29) is 15.7 Å². The molecule has 21 heavy (non-hydrogen) atoms. The Hall–Kier alpha value is -1.37. The van der Waals surface area contributed by atoms with Crippen molar-refractivity contribution in [3.63, 3.8) is 0 Å². The molecule has 0 fully saturated rings. The van der Waals surface area contributed by atoms with Gasteiger partial charge in [0.2, 0.25) is 0 Å². The number of thioether (sulfide) groups is 1. The zero-order chi connectivity index (χ0) is 15.4. The van der Waals surface area contributed by atoms with E-state index < -0.39 is 11.7 Å². The third kappa shape index (κ3) is 4.56. The van der Waals surface area contributed by atoms with Gasteiger partial charge in [0.15, 0.2) is 0 Å². The lowest BCUT2D eigenvalue weighted by molar-refractivity contribution is 0.102. The molecule has 0 aliphatic heterocycles. The molecule has 3 nitrogen and oxygen atoms in total. The minimum Gasteiger partial charge on any atom is -0.322 e. The van der Waals surface area contributed by atoms with Crippen molar-refractivity contribution in [1.82, 2.24) is 4.98 Å². The molecular weight excluding hydrogens is 341 g/mol. The molecule has 0 bridgehead atoms. The van der Waals surface area contributed by atoms with E-state index in [1.165, 1.54) is 36.5 Å². The Morgan fingerprint density at radius 2 is 1.90 bits per heavy atom. The largest absolute Gasteiger partial charge is 0.322 e. The van der Waals surface area contributed by atoms with Crippen LogP contribution >= 0.6 is 35.0 Å². The zero-order valence-electron chi connectivity index (χ0n) is 10.3. The summed E-state index contributed by atoms with van der Waals surface area (Å²) in [5, 5.41) is 2.89. The number of amides is 1. The molecule has 0 unspecified atom stereocenters. The molecule has 110 valence electrons. The van der Waals surface area contributed by atoms with Gasteiger partial charge in [0.25, 0.3) is 11.7 Å². The van der Waals surface area contributed by atoms with E-state index in [0.717, 1.165) is 0 Å². The lowest BCUT2D eigenvalue weighted by atomic mass is 10.2. The Morgan fingerprint density at radius 3 is 2.48 bits per heavy atom. The Labute approximate surface area is 133 Å². The van der Waals surface area contributed by atoms with Gasteiger partial charge in [0.05, 0.1) is 10.6 Å². The highest BCUT2D eigenvalue weighted by molar-refractivity contribution is 7.99. The Morgan fingerprint density at radius 1 is 1.24 bits per heavy atom. The summed E-state index contributed by atoms with van der Waals surface area (Å²) in [6, 6.07) is 7.47. The van der Waals surface area contributed by atoms with Crippen LogP contribution in [0.5, 0.6) is 0 Å². The van der Waals surface area contributed by atoms with Crippen LogP contribution in [0.3, 0.4) is 0 Å². The summed E-state index contributed by atoms with van der Waals surface area (Å²) in [4.78, 5) is 16.2. The average molecular weight is 349 g/mol. The van der Waals surface area contributed by atoms with Crippen LogP contribution in [0, 0.1) is 0 Å². The van der Waals surface area contributed by atoms with Crippen molar-refractivity contribution in [2.24, 2.45) is 0 Å². The molecule has 2 aromatic rings. The fourth-order valence-corrected chi connectivity index (χ4v) is 2.24. The number of carbonyl (C=O) groups is 1. The van der Waals surface area contributed by atoms with E-state index in [1.54, 1.807) is 0 Å². The predicted molar refractivity (Wildman–Crippen MR) is 80.5 cm³/mol. The molecule has 0 aliphatic carbocycles. The van der Waals surface area contributed by atoms with Crippen molar-refractivity contribution >= 4 is 46.6 Å². The van der Waals surface area contributed by atoms with Gasteiger partial charge in [-0.05, 0) is 30.3 Å². The number of hydrogen-bond donors (Lipinski definition) is 1. The summed E-state index contributed by atoms with van der Waals surface area (Å²) < 4.78 is 24.4. The fourth-order valence-electron chi connectivity index (χ4n) is 1.47. The first-order chi connectivity index (χ1) is 9.95. The molecule has 0 saturated heterocycles. The number of anilines is 1. The molecule has 0 aliphatic rings. The molecular formula is C13H8Cl2F2N2OS. The summed E-state index contributed by atoms with van der Waals surface area (Å²) in [6.07, 6.45) is 1.30. The Balaban J connectivity index is 2.06. The first-order valence-corrected chi connectivity index (χ1v) is 7.26. The van der Waals surface area contributed by atoms with Gasteiger partial charge in [-0.2, -0.15) is 8.78 Å². The first-order valence-electron chi connectivity index (χ1n) is 5.63. The summed E-state index contributed by atoms with van der Waals surface area (Å²) in [5.74, 6) is -2.90. The van der Waals surface area contributed by atoms with Crippen LogP contribution in [0.1, 0.15) is 10.4 Å². The molecule has 1 aromatic heterocycles. The molecule has 0 radical (unpaired) electrons. The lowest BCUT2D eigenvalue weighted by Gasteiger charge is -2.07. The van der Waals surface area contributed by atoms with Gasteiger partial charge in [-0.15, -0.1) is 0 Å². The van der Waals surface area contributed by atoms with E-state index in [2.05, 4.69) is 10.3 Å². The number of rotatable bonds is 4. The van der Waals surface area contributed by atoms with Gasteiger partial charge in [0, 0.05) is 16.8 Å². The van der Waals surface area contributed by atoms with Crippen molar-refractivity contribution in [1.29, 1.82) is 0 Å². The van der Waals surface area contributed by atoms with E-state index in [0.29, 0.717) is 22.3 Å². The second kappa shape index (κ2) is 7.06. The number of hydrogen-bond acceptors (Lipinski definition) is 3. The van der Waals surface area contributed by atoms with Crippen LogP contribution in [0.2, 0.25) is 10.2 Å². The second-order valence-corrected chi connectivity index (χ2v) is 5.68. The third-order valence-electron chi connectivity index (χ3n) is 2.40. The summed E-state index contributed by atoms with van der Waals surface area (Å²) in [6.45, 7) is 0. The van der Waals surface area contributed by atoms with Crippen molar-refractivity contribution in [3.8, 4) is 0 Å². The summed E-state index contributed by atoms with van der Waals surface area (Å²) >= 11 is 11.9. The maximum Gasteiger partial charge on any atom is 0.288 e. The van der Waals surface area contributed by atoms with Gasteiger partial charge in [-0.1, -0.05) is 35.0 Å². The number of benzene rings is 1. The Kier molecular flexibility index (Phi) is 5.39. The van der Waals surface area contributed by atoms with Crippen LogP contribution in [-0.4, -0.2) is 16.6 Å². The van der Waals surface area contributed by atoms with Gasteiger partial charge in [-0.25, -0.2) is 4.98 Å². The molecule has 0 atom stereocenters. The van der Waals surface area contributed by atoms with E-state index in [1.807, 2.05) is 0 Å². The molecule has 0 spiro atoms. The smallest absolute Gasteiger partial charge is 0.288 e. The molecule has 8 heteroatoms. The van der Waals surface area contributed by atoms with Crippen molar-refractivity contribution < 1.29 is 13.6 Å². The van der Waals surface area contributed by atoms with Crippen LogP contribution < -0.4 is 5.32 Å².